The molecule has 0 atom stereocenters. The summed E-state index contributed by atoms with van der Waals surface area (Å²) in [4.78, 5) is 12.7. The summed E-state index contributed by atoms with van der Waals surface area (Å²) in [6.07, 6.45) is 3.11. The Morgan fingerprint density at radius 2 is 1.76 bits per heavy atom. The quantitative estimate of drug-likeness (QED) is 0.257. The van der Waals surface area contributed by atoms with Gasteiger partial charge in [-0.15, -0.1) is 0 Å². The number of hydrazone groups is 1. The lowest BCUT2D eigenvalue weighted by atomic mass is 10.2. The summed E-state index contributed by atoms with van der Waals surface area (Å²) in [7, 11) is -2.54. The number of hydrogen-bond donors (Lipinski definition) is 1. The van der Waals surface area contributed by atoms with E-state index in [0.29, 0.717) is 18.1 Å². The molecule has 0 aliphatic heterocycles. The third-order valence-corrected chi connectivity index (χ3v) is 6.40. The van der Waals surface area contributed by atoms with E-state index in [1.807, 2.05) is 0 Å². The van der Waals surface area contributed by atoms with Gasteiger partial charge in [0, 0.05) is 6.07 Å². The first-order chi connectivity index (χ1) is 16.4. The summed E-state index contributed by atoms with van der Waals surface area (Å²) in [5.74, 6) is 0.537. The van der Waals surface area contributed by atoms with Crippen LogP contribution in [0.3, 0.4) is 0 Å². The minimum Gasteiger partial charge on any atom is -0.497 e. The summed E-state index contributed by atoms with van der Waals surface area (Å²) in [6, 6.07) is 21.5. The third-order valence-electron chi connectivity index (χ3n) is 4.61. The van der Waals surface area contributed by atoms with Crippen LogP contribution in [0.1, 0.15) is 5.56 Å². The first-order valence-electron chi connectivity index (χ1n) is 10.3. The minimum atomic E-state index is -4.02. The fourth-order valence-corrected chi connectivity index (χ4v) is 4.38. The van der Waals surface area contributed by atoms with Gasteiger partial charge in [0.15, 0.2) is 0 Å². The number of amides is 1. The van der Waals surface area contributed by atoms with Gasteiger partial charge in [-0.25, -0.2) is 13.8 Å². The molecule has 1 N–H and O–H groups in total. The monoisotopic (exact) mass is 479 g/mol. The number of carbonyl (C=O) groups is 1. The zero-order chi connectivity index (χ0) is 24.4. The molecule has 3 rings (SSSR count). The highest BCUT2D eigenvalue weighted by Crippen LogP contribution is 2.26. The topological polar surface area (TPSA) is 97.3 Å². The van der Waals surface area contributed by atoms with Crippen LogP contribution in [-0.2, 0) is 14.8 Å². The maximum Gasteiger partial charge on any atom is 0.264 e. The van der Waals surface area contributed by atoms with Crippen LogP contribution in [-0.4, -0.2) is 40.8 Å². The Labute approximate surface area is 199 Å². The Morgan fingerprint density at radius 3 is 2.44 bits per heavy atom. The Bertz CT molecular complexity index is 1240. The van der Waals surface area contributed by atoms with Crippen LogP contribution < -0.4 is 19.2 Å². The lowest BCUT2D eigenvalue weighted by Gasteiger charge is -2.24. The van der Waals surface area contributed by atoms with E-state index in [1.54, 1.807) is 72.8 Å². The van der Waals surface area contributed by atoms with E-state index in [9.17, 15) is 13.2 Å². The molecule has 0 aliphatic rings. The van der Waals surface area contributed by atoms with Crippen molar-refractivity contribution in [3.8, 4) is 11.5 Å². The van der Waals surface area contributed by atoms with Crippen molar-refractivity contribution in [3.05, 3.63) is 97.1 Å². The molecule has 9 heteroatoms. The lowest BCUT2D eigenvalue weighted by molar-refractivity contribution is -0.119. The van der Waals surface area contributed by atoms with E-state index in [2.05, 4.69) is 17.1 Å². The molecule has 34 heavy (non-hydrogen) atoms. The molecule has 0 saturated heterocycles. The van der Waals surface area contributed by atoms with Gasteiger partial charge in [0.1, 0.15) is 24.7 Å². The Kier molecular flexibility index (Phi) is 8.42. The molecular formula is C25H25N3O5S. The number of methoxy groups -OCH3 is 1. The first-order valence-corrected chi connectivity index (χ1v) is 11.8. The summed E-state index contributed by atoms with van der Waals surface area (Å²) in [5, 5.41) is 3.94. The molecule has 0 heterocycles. The standard InChI is InChI=1S/C25H25N3O5S/c1-3-16-33-22-14-12-20(13-15-22)18-26-27-25(29)19-28(21-8-7-9-23(17-21)32-2)34(30,31)24-10-5-4-6-11-24/h3-15,17-18H,1,16,19H2,2H3,(H,27,29)/b26-18-. The fourth-order valence-electron chi connectivity index (χ4n) is 2.95. The first kappa shape index (κ1) is 24.5. The highest BCUT2D eigenvalue weighted by Gasteiger charge is 2.27. The second kappa shape index (κ2) is 11.7. The average molecular weight is 480 g/mol. The number of benzene rings is 3. The van der Waals surface area contributed by atoms with Crippen LogP contribution in [0.4, 0.5) is 5.69 Å². The van der Waals surface area contributed by atoms with E-state index in [0.717, 1.165) is 9.87 Å². The van der Waals surface area contributed by atoms with Crippen molar-refractivity contribution in [1.82, 2.24) is 5.43 Å². The number of ether oxygens (including phenoxy) is 2. The number of hydrogen-bond acceptors (Lipinski definition) is 6. The molecule has 0 saturated carbocycles. The predicted octanol–water partition coefficient (Wildman–Crippen LogP) is 3.61. The Hall–Kier alpha value is -4.11. The molecule has 0 radical (unpaired) electrons. The highest BCUT2D eigenvalue weighted by molar-refractivity contribution is 7.92. The second-order valence-corrected chi connectivity index (χ2v) is 8.85. The van der Waals surface area contributed by atoms with Crippen LogP contribution >= 0.6 is 0 Å². The molecule has 8 nitrogen and oxygen atoms in total. The predicted molar refractivity (Wildman–Crippen MR) is 132 cm³/mol. The molecule has 0 unspecified atom stereocenters. The normalized spacial score (nSPS) is 11.1. The number of anilines is 1. The minimum absolute atomic E-state index is 0.0629. The van der Waals surface area contributed by atoms with Gasteiger partial charge in [-0.05, 0) is 54.1 Å². The molecule has 0 aromatic heterocycles. The number of rotatable bonds is 11. The molecule has 0 aliphatic carbocycles. The van der Waals surface area contributed by atoms with Crippen LogP contribution in [0.5, 0.6) is 11.5 Å². The molecule has 3 aromatic rings. The van der Waals surface area contributed by atoms with Gasteiger partial charge in [0.25, 0.3) is 15.9 Å². The summed E-state index contributed by atoms with van der Waals surface area (Å²) in [6.45, 7) is 3.52. The second-order valence-electron chi connectivity index (χ2n) is 6.99. The zero-order valence-electron chi connectivity index (χ0n) is 18.6. The van der Waals surface area contributed by atoms with Crippen molar-refractivity contribution in [1.29, 1.82) is 0 Å². The van der Waals surface area contributed by atoms with Crippen LogP contribution in [0.25, 0.3) is 0 Å². The maximum absolute atomic E-state index is 13.3. The van der Waals surface area contributed by atoms with Gasteiger partial charge < -0.3 is 9.47 Å². The highest BCUT2D eigenvalue weighted by atomic mass is 32.2. The van der Waals surface area contributed by atoms with E-state index >= 15 is 0 Å². The summed E-state index contributed by atoms with van der Waals surface area (Å²) in [5.41, 5.74) is 3.40. The molecule has 1 amide bonds. The molecular weight excluding hydrogens is 454 g/mol. The molecule has 176 valence electrons. The smallest absolute Gasteiger partial charge is 0.264 e. The lowest BCUT2D eigenvalue weighted by Crippen LogP contribution is -2.39. The number of nitrogens with one attached hydrogen (secondary N) is 1. The Morgan fingerprint density at radius 1 is 1.03 bits per heavy atom. The van der Waals surface area contributed by atoms with E-state index < -0.39 is 22.5 Å². The maximum atomic E-state index is 13.3. The van der Waals surface area contributed by atoms with Crippen molar-refractivity contribution in [2.75, 3.05) is 24.6 Å². The van der Waals surface area contributed by atoms with Crippen molar-refractivity contribution in [2.24, 2.45) is 5.10 Å². The number of sulfonamides is 1. The number of nitrogens with zero attached hydrogens (tertiary/aromatic N) is 2. The summed E-state index contributed by atoms with van der Waals surface area (Å²) < 4.78 is 38.3. The molecule has 0 spiro atoms. The fraction of sp³-hybridized carbons (Fsp3) is 0.120. The number of carbonyl (C=O) groups excluding carboxylic acids is 1. The molecule has 3 aromatic carbocycles. The van der Waals surface area contributed by atoms with Crippen LogP contribution in [0.15, 0.2) is 102 Å². The third kappa shape index (κ3) is 6.46. The van der Waals surface area contributed by atoms with Gasteiger partial charge in [-0.1, -0.05) is 36.9 Å². The molecule has 0 bridgehead atoms. The van der Waals surface area contributed by atoms with Gasteiger partial charge >= 0.3 is 0 Å². The van der Waals surface area contributed by atoms with E-state index in [4.69, 9.17) is 9.47 Å². The van der Waals surface area contributed by atoms with Gasteiger partial charge in [0.05, 0.1) is 23.9 Å². The summed E-state index contributed by atoms with van der Waals surface area (Å²) >= 11 is 0. The van der Waals surface area contributed by atoms with Crippen LogP contribution in [0, 0.1) is 0 Å². The van der Waals surface area contributed by atoms with Crippen molar-refractivity contribution >= 4 is 27.8 Å². The van der Waals surface area contributed by atoms with Gasteiger partial charge in [-0.2, -0.15) is 5.10 Å². The van der Waals surface area contributed by atoms with Crippen molar-refractivity contribution < 1.29 is 22.7 Å². The molecule has 0 fully saturated rings. The largest absolute Gasteiger partial charge is 0.497 e. The SMILES string of the molecule is C=CCOc1ccc(/C=N\NC(=O)CN(c2cccc(OC)c2)S(=O)(=O)c2ccccc2)cc1. The van der Waals surface area contributed by atoms with Gasteiger partial charge in [-0.3, -0.25) is 9.10 Å². The van der Waals surface area contributed by atoms with Crippen molar-refractivity contribution in [3.63, 3.8) is 0 Å². The Balaban J connectivity index is 1.76. The zero-order valence-corrected chi connectivity index (χ0v) is 19.4. The van der Waals surface area contributed by atoms with Gasteiger partial charge in [0.2, 0.25) is 0 Å². The van der Waals surface area contributed by atoms with Crippen molar-refractivity contribution in [2.45, 2.75) is 4.90 Å². The average Bonchev–Trinajstić information content (AvgIpc) is 2.87. The van der Waals surface area contributed by atoms with E-state index in [1.165, 1.54) is 25.5 Å². The van der Waals surface area contributed by atoms with Crippen LogP contribution in [0.2, 0.25) is 0 Å². The van der Waals surface area contributed by atoms with E-state index in [-0.39, 0.29) is 10.6 Å².